The van der Waals surface area contributed by atoms with E-state index in [-0.39, 0.29) is 36.9 Å². The summed E-state index contributed by atoms with van der Waals surface area (Å²) in [4.78, 5) is 39.9. The largest absolute Gasteiger partial charge is 0.472 e. The number of para-hydroxylation sites is 1. The normalized spacial score (nSPS) is 18.8. The molecule has 2 aliphatic heterocycles. The van der Waals surface area contributed by atoms with Gasteiger partial charge in [-0.2, -0.15) is 0 Å². The van der Waals surface area contributed by atoms with Gasteiger partial charge in [-0.3, -0.25) is 19.3 Å². The summed E-state index contributed by atoms with van der Waals surface area (Å²) in [5, 5.41) is -0.305. The van der Waals surface area contributed by atoms with Gasteiger partial charge in [0.25, 0.3) is 17.1 Å². The number of amides is 3. The molecule has 0 aliphatic carbocycles. The maximum atomic E-state index is 12.5. The number of imide groups is 1. The Morgan fingerprint density at radius 2 is 1.79 bits per heavy atom. The zero-order valence-electron chi connectivity index (χ0n) is 15.7. The number of hydrogen-bond donors (Lipinski definition) is 0. The number of nitrogens with zero attached hydrogens (tertiary/aromatic N) is 2. The number of fused-ring (bicyclic) bond motifs is 1. The molecule has 29 heavy (non-hydrogen) atoms. The van der Waals surface area contributed by atoms with Crippen LogP contribution in [0.4, 0.5) is 4.79 Å². The highest BCUT2D eigenvalue weighted by atomic mass is 32.2. The first-order chi connectivity index (χ1) is 14.1. The van der Waals surface area contributed by atoms with E-state index in [2.05, 4.69) is 0 Å². The molecule has 0 bridgehead atoms. The molecule has 2 aromatic carbocycles. The fourth-order valence-corrected chi connectivity index (χ4v) is 4.05. The molecule has 0 spiro atoms. The number of hydrogen-bond acceptors (Lipinski definition) is 6. The Bertz CT molecular complexity index is 920. The summed E-state index contributed by atoms with van der Waals surface area (Å²) in [6.07, 6.45) is 0.536. The van der Waals surface area contributed by atoms with E-state index >= 15 is 0 Å². The maximum absolute atomic E-state index is 12.5. The minimum absolute atomic E-state index is 0.0811. The predicted octanol–water partition coefficient (Wildman–Crippen LogP) is 3.11. The van der Waals surface area contributed by atoms with Gasteiger partial charge in [-0.05, 0) is 35.9 Å². The molecular weight excluding hydrogens is 392 g/mol. The molecule has 2 heterocycles. The highest BCUT2D eigenvalue weighted by Gasteiger charge is 2.40. The zero-order valence-corrected chi connectivity index (χ0v) is 16.5. The van der Waals surface area contributed by atoms with Crippen LogP contribution in [0.3, 0.4) is 0 Å². The first-order valence-electron chi connectivity index (χ1n) is 9.32. The number of ether oxygens (including phenoxy) is 2. The van der Waals surface area contributed by atoms with Crippen LogP contribution in [0.5, 0.6) is 5.75 Å². The average Bonchev–Trinajstić information content (AvgIpc) is 3.01. The van der Waals surface area contributed by atoms with E-state index in [1.807, 2.05) is 36.4 Å². The van der Waals surface area contributed by atoms with Gasteiger partial charge in [-0.1, -0.05) is 42.5 Å². The summed E-state index contributed by atoms with van der Waals surface area (Å²) in [6.45, 7) is 1.14. The van der Waals surface area contributed by atoms with Crippen LogP contribution in [0, 0.1) is 0 Å². The van der Waals surface area contributed by atoms with Gasteiger partial charge in [0.15, 0.2) is 12.2 Å². The van der Waals surface area contributed by atoms with E-state index in [1.54, 1.807) is 23.1 Å². The van der Waals surface area contributed by atoms with Gasteiger partial charge in [-0.25, -0.2) is 0 Å². The van der Waals surface area contributed by atoms with Crippen LogP contribution in [0.1, 0.15) is 22.3 Å². The average molecular weight is 412 g/mol. The molecule has 4 rings (SSSR count). The first-order valence-corrected chi connectivity index (χ1v) is 10.2. The van der Waals surface area contributed by atoms with Gasteiger partial charge < -0.3 is 14.4 Å². The monoisotopic (exact) mass is 412 g/mol. The molecule has 2 aromatic rings. The number of carbonyl (C=O) groups excluding carboxylic acids is 3. The fourth-order valence-electron chi connectivity index (χ4n) is 3.19. The van der Waals surface area contributed by atoms with Crippen molar-refractivity contribution < 1.29 is 23.9 Å². The van der Waals surface area contributed by atoms with Crippen molar-refractivity contribution in [2.75, 3.05) is 19.9 Å². The van der Waals surface area contributed by atoms with Crippen LogP contribution in [-0.4, -0.2) is 52.2 Å². The molecule has 2 aliphatic rings. The predicted molar refractivity (Wildman–Crippen MR) is 107 cm³/mol. The fraction of sp³-hybridized carbons (Fsp3) is 0.286. The van der Waals surface area contributed by atoms with Gasteiger partial charge >= 0.3 is 0 Å². The zero-order chi connectivity index (χ0) is 20.2. The third-order valence-electron chi connectivity index (χ3n) is 4.70. The second-order valence-electron chi connectivity index (χ2n) is 6.69. The lowest BCUT2D eigenvalue weighted by molar-refractivity contribution is -0.134. The van der Waals surface area contributed by atoms with Gasteiger partial charge in [0.1, 0.15) is 5.75 Å². The molecule has 7 nitrogen and oxygen atoms in total. The molecule has 1 saturated heterocycles. The number of rotatable bonds is 7. The van der Waals surface area contributed by atoms with Crippen LogP contribution < -0.4 is 4.74 Å². The molecule has 0 saturated carbocycles. The number of benzene rings is 2. The van der Waals surface area contributed by atoms with Gasteiger partial charge in [-0.15, -0.1) is 0 Å². The standard InChI is InChI=1S/C21H20N2O5S/c24-18-16-9-4-5-10-17(16)28-14-22(18)11-6-12-27-20-19(25)23(21(26)29-20)13-15-7-2-1-3-8-15/h1-5,7-10,20H,6,11-14H2. The van der Waals surface area contributed by atoms with Gasteiger partial charge in [0.2, 0.25) is 0 Å². The van der Waals surface area contributed by atoms with Crippen LogP contribution in [0.25, 0.3) is 0 Å². The number of thioether (sulfide) groups is 1. The van der Waals surface area contributed by atoms with Crippen LogP contribution >= 0.6 is 11.8 Å². The Hall–Kier alpha value is -2.84. The summed E-state index contributed by atoms with van der Waals surface area (Å²) in [6, 6.07) is 16.5. The third kappa shape index (κ3) is 4.28. The molecule has 1 atom stereocenters. The van der Waals surface area contributed by atoms with Crippen LogP contribution in [0.2, 0.25) is 0 Å². The van der Waals surface area contributed by atoms with Gasteiger partial charge in [0, 0.05) is 6.54 Å². The summed E-state index contributed by atoms with van der Waals surface area (Å²) in [5.74, 6) is 0.174. The lowest BCUT2D eigenvalue weighted by Gasteiger charge is -2.28. The van der Waals surface area contributed by atoms with Crippen molar-refractivity contribution in [1.29, 1.82) is 0 Å². The molecule has 1 fully saturated rings. The van der Waals surface area contributed by atoms with Crippen molar-refractivity contribution in [2.45, 2.75) is 18.4 Å². The highest BCUT2D eigenvalue weighted by Crippen LogP contribution is 2.29. The molecule has 8 heteroatoms. The van der Waals surface area contributed by atoms with Crippen molar-refractivity contribution >= 4 is 28.8 Å². The van der Waals surface area contributed by atoms with Crippen molar-refractivity contribution in [3.05, 3.63) is 65.7 Å². The minimum atomic E-state index is -0.833. The molecule has 150 valence electrons. The Balaban J connectivity index is 1.25. The molecule has 0 aromatic heterocycles. The summed E-state index contributed by atoms with van der Waals surface area (Å²) >= 11 is 0.888. The Morgan fingerprint density at radius 3 is 2.62 bits per heavy atom. The third-order valence-corrected chi connectivity index (χ3v) is 5.68. The lowest BCUT2D eigenvalue weighted by Crippen LogP contribution is -2.39. The van der Waals surface area contributed by atoms with Crippen LogP contribution in [-0.2, 0) is 16.1 Å². The smallest absolute Gasteiger partial charge is 0.291 e. The quantitative estimate of drug-likeness (QED) is 0.651. The van der Waals surface area contributed by atoms with E-state index in [0.717, 1.165) is 17.3 Å². The van der Waals surface area contributed by atoms with Gasteiger partial charge in [0.05, 0.1) is 18.7 Å². The van der Waals surface area contributed by atoms with Crippen LogP contribution in [0.15, 0.2) is 54.6 Å². The first kappa shape index (κ1) is 19.5. The molecule has 0 N–H and O–H groups in total. The summed E-state index contributed by atoms with van der Waals surface area (Å²) < 4.78 is 11.2. The van der Waals surface area contributed by atoms with E-state index < -0.39 is 5.44 Å². The second-order valence-corrected chi connectivity index (χ2v) is 7.70. The van der Waals surface area contributed by atoms with Crippen molar-refractivity contribution in [3.8, 4) is 5.75 Å². The van der Waals surface area contributed by atoms with Crippen molar-refractivity contribution in [1.82, 2.24) is 9.80 Å². The Labute approximate surface area is 172 Å². The minimum Gasteiger partial charge on any atom is -0.472 e. The topological polar surface area (TPSA) is 76.2 Å². The number of carbonyl (C=O) groups is 3. The summed E-state index contributed by atoms with van der Waals surface area (Å²) in [7, 11) is 0. The van der Waals surface area contributed by atoms with E-state index in [9.17, 15) is 14.4 Å². The summed E-state index contributed by atoms with van der Waals surface area (Å²) in [5.41, 5.74) is 0.600. The van der Waals surface area contributed by atoms with E-state index in [4.69, 9.17) is 9.47 Å². The molecule has 1 unspecified atom stereocenters. The lowest BCUT2D eigenvalue weighted by atomic mass is 10.1. The van der Waals surface area contributed by atoms with Crippen molar-refractivity contribution in [3.63, 3.8) is 0 Å². The maximum Gasteiger partial charge on any atom is 0.291 e. The van der Waals surface area contributed by atoms with Crippen molar-refractivity contribution in [2.24, 2.45) is 0 Å². The van der Waals surface area contributed by atoms with E-state index in [0.29, 0.717) is 24.3 Å². The second kappa shape index (κ2) is 8.67. The Kier molecular flexibility index (Phi) is 5.82. The van der Waals surface area contributed by atoms with E-state index in [1.165, 1.54) is 4.90 Å². The Morgan fingerprint density at radius 1 is 1.03 bits per heavy atom. The molecular formula is C21H20N2O5S. The molecule has 3 amide bonds. The molecule has 0 radical (unpaired) electrons. The SMILES string of the molecule is O=C1c2ccccc2OCN1CCCOC1SC(=O)N(Cc2ccccc2)C1=O. The highest BCUT2D eigenvalue weighted by molar-refractivity contribution is 8.15.